The number of aliphatic hydroxyl groups excluding tert-OH is 1. The highest BCUT2D eigenvalue weighted by atomic mass is 16.5. The van der Waals surface area contributed by atoms with Gasteiger partial charge in [-0.3, -0.25) is 0 Å². The number of benzene rings is 2. The van der Waals surface area contributed by atoms with Crippen LogP contribution in [0.25, 0.3) is 11.1 Å². The maximum absolute atomic E-state index is 12.2. The number of carbonyl (C=O) groups is 1. The number of alkyl carbamates (subject to hydrolysis) is 1. The van der Waals surface area contributed by atoms with Crippen molar-refractivity contribution in [3.05, 3.63) is 59.7 Å². The third kappa shape index (κ3) is 3.54. The number of ether oxygens (including phenoxy) is 1. The predicted molar refractivity (Wildman–Crippen MR) is 98.5 cm³/mol. The van der Waals surface area contributed by atoms with Crippen molar-refractivity contribution >= 4 is 6.09 Å². The summed E-state index contributed by atoms with van der Waals surface area (Å²) in [7, 11) is 0. The van der Waals surface area contributed by atoms with Crippen molar-refractivity contribution in [1.29, 1.82) is 0 Å². The Bertz CT molecular complexity index is 718. The lowest BCUT2D eigenvalue weighted by Crippen LogP contribution is -2.46. The maximum atomic E-state index is 12.2. The molecule has 1 aliphatic carbocycles. The number of amides is 1. The van der Waals surface area contributed by atoms with Crippen molar-refractivity contribution in [2.75, 3.05) is 13.2 Å². The van der Waals surface area contributed by atoms with Crippen LogP contribution in [0.3, 0.4) is 0 Å². The third-order valence-electron chi connectivity index (χ3n) is 4.86. The average Bonchev–Trinajstić information content (AvgIpc) is 2.91. The number of nitrogens with one attached hydrogen (secondary N) is 1. The summed E-state index contributed by atoms with van der Waals surface area (Å²) < 4.78 is 5.51. The summed E-state index contributed by atoms with van der Waals surface area (Å²) in [6.07, 6.45) is -0.490. The Balaban J connectivity index is 1.72. The van der Waals surface area contributed by atoms with E-state index >= 15 is 0 Å². The number of hydrogen-bond donors (Lipinski definition) is 2. The van der Waals surface area contributed by atoms with E-state index in [2.05, 4.69) is 29.6 Å². The van der Waals surface area contributed by atoms with E-state index in [1.165, 1.54) is 22.3 Å². The molecule has 3 rings (SSSR count). The van der Waals surface area contributed by atoms with Gasteiger partial charge in [-0.1, -0.05) is 69.3 Å². The Kier molecular flexibility index (Phi) is 4.82. The van der Waals surface area contributed by atoms with E-state index in [9.17, 15) is 9.90 Å². The van der Waals surface area contributed by atoms with Gasteiger partial charge in [-0.15, -0.1) is 0 Å². The number of fused-ring (bicyclic) bond motifs is 3. The van der Waals surface area contributed by atoms with E-state index in [0.717, 1.165) is 0 Å². The largest absolute Gasteiger partial charge is 0.449 e. The first-order chi connectivity index (χ1) is 11.9. The van der Waals surface area contributed by atoms with Crippen LogP contribution in [-0.2, 0) is 4.74 Å². The molecule has 0 aliphatic heterocycles. The van der Waals surface area contributed by atoms with E-state index in [0.29, 0.717) is 0 Å². The fraction of sp³-hybridized carbons (Fsp3) is 0.381. The molecule has 25 heavy (non-hydrogen) atoms. The molecule has 2 aromatic rings. The molecule has 0 unspecified atom stereocenters. The first-order valence-electron chi connectivity index (χ1n) is 8.64. The minimum atomic E-state index is -0.490. The van der Waals surface area contributed by atoms with Crippen molar-refractivity contribution < 1.29 is 14.6 Å². The van der Waals surface area contributed by atoms with Crippen LogP contribution in [0.5, 0.6) is 0 Å². The molecule has 2 aromatic carbocycles. The van der Waals surface area contributed by atoms with Crippen LogP contribution < -0.4 is 5.32 Å². The lowest BCUT2D eigenvalue weighted by atomic mass is 9.87. The van der Waals surface area contributed by atoms with Crippen LogP contribution in [0, 0.1) is 5.41 Å². The van der Waals surface area contributed by atoms with Gasteiger partial charge in [-0.25, -0.2) is 4.79 Å². The van der Waals surface area contributed by atoms with Crippen LogP contribution >= 0.6 is 0 Å². The smallest absolute Gasteiger partial charge is 0.407 e. The van der Waals surface area contributed by atoms with Gasteiger partial charge in [0.15, 0.2) is 0 Å². The molecule has 0 radical (unpaired) electrons. The van der Waals surface area contributed by atoms with Gasteiger partial charge >= 0.3 is 6.09 Å². The van der Waals surface area contributed by atoms with Gasteiger partial charge in [0.1, 0.15) is 6.61 Å². The predicted octanol–water partition coefficient (Wildman–Crippen LogP) is 3.93. The summed E-state index contributed by atoms with van der Waals surface area (Å²) in [4.78, 5) is 12.2. The molecule has 1 aliphatic rings. The molecular formula is C21H25NO3. The summed E-state index contributed by atoms with van der Waals surface area (Å²) in [5.74, 6) is 0.0420. The zero-order valence-corrected chi connectivity index (χ0v) is 15.0. The Labute approximate surface area is 148 Å². The van der Waals surface area contributed by atoms with E-state index < -0.39 is 6.09 Å². The van der Waals surface area contributed by atoms with E-state index in [-0.39, 0.29) is 30.6 Å². The lowest BCUT2D eigenvalue weighted by molar-refractivity contribution is 0.111. The highest BCUT2D eigenvalue weighted by Crippen LogP contribution is 2.44. The SMILES string of the molecule is CC(C)(C)[C@@H](CO)NC(=O)OCC1c2ccccc2-c2ccccc21. The first-order valence-corrected chi connectivity index (χ1v) is 8.64. The minimum absolute atomic E-state index is 0.0420. The summed E-state index contributed by atoms with van der Waals surface area (Å²) in [5.41, 5.74) is 4.54. The van der Waals surface area contributed by atoms with Gasteiger partial charge in [0.25, 0.3) is 0 Å². The molecule has 0 heterocycles. The summed E-state index contributed by atoms with van der Waals surface area (Å²) in [6, 6.07) is 16.1. The molecule has 4 heteroatoms. The second-order valence-electron chi connectivity index (χ2n) is 7.57. The minimum Gasteiger partial charge on any atom is -0.449 e. The van der Waals surface area contributed by atoms with Crippen LogP contribution in [0.2, 0.25) is 0 Å². The van der Waals surface area contributed by atoms with Gasteiger partial charge < -0.3 is 15.2 Å². The molecule has 0 aromatic heterocycles. The standard InChI is InChI=1S/C21H25NO3/c1-21(2,3)19(12-23)22-20(24)25-13-18-16-10-6-4-8-14(16)15-9-5-7-11-17(15)18/h4-11,18-19,23H,12-13H2,1-3H3,(H,22,24)/t19-/m1/s1. The van der Waals surface area contributed by atoms with E-state index in [1.54, 1.807) is 0 Å². The highest BCUT2D eigenvalue weighted by molar-refractivity contribution is 5.79. The Hall–Kier alpha value is -2.33. The van der Waals surface area contributed by atoms with Crippen LogP contribution in [0.15, 0.2) is 48.5 Å². The van der Waals surface area contributed by atoms with Gasteiger partial charge in [0.05, 0.1) is 12.6 Å². The first kappa shape index (κ1) is 17.5. The van der Waals surface area contributed by atoms with Crippen LogP contribution in [0.1, 0.15) is 37.8 Å². The number of hydrogen-bond acceptors (Lipinski definition) is 3. The van der Waals surface area contributed by atoms with Gasteiger partial charge in [0, 0.05) is 5.92 Å². The molecule has 1 atom stereocenters. The zero-order valence-electron chi connectivity index (χ0n) is 15.0. The highest BCUT2D eigenvalue weighted by Gasteiger charge is 2.30. The quantitative estimate of drug-likeness (QED) is 0.887. The Morgan fingerprint density at radius 1 is 1.08 bits per heavy atom. The second kappa shape index (κ2) is 6.89. The molecule has 132 valence electrons. The lowest BCUT2D eigenvalue weighted by Gasteiger charge is -2.29. The van der Waals surface area contributed by atoms with Gasteiger partial charge in [0.2, 0.25) is 0 Å². The molecule has 0 bridgehead atoms. The van der Waals surface area contributed by atoms with Gasteiger partial charge in [-0.2, -0.15) is 0 Å². The number of carbonyl (C=O) groups excluding carboxylic acids is 1. The fourth-order valence-electron chi connectivity index (χ4n) is 3.32. The van der Waals surface area contributed by atoms with E-state index in [1.807, 2.05) is 45.0 Å². The maximum Gasteiger partial charge on any atom is 0.407 e. The topological polar surface area (TPSA) is 58.6 Å². The molecule has 2 N–H and O–H groups in total. The molecule has 1 amide bonds. The van der Waals surface area contributed by atoms with Crippen molar-refractivity contribution in [2.24, 2.45) is 5.41 Å². The normalized spacial score (nSPS) is 14.6. The Morgan fingerprint density at radius 3 is 2.08 bits per heavy atom. The number of aliphatic hydroxyl groups is 1. The molecule has 0 spiro atoms. The van der Waals surface area contributed by atoms with E-state index in [4.69, 9.17) is 4.74 Å². The molecule has 0 saturated carbocycles. The van der Waals surface area contributed by atoms with Crippen LogP contribution in [-0.4, -0.2) is 30.5 Å². The van der Waals surface area contributed by atoms with Crippen molar-refractivity contribution in [3.8, 4) is 11.1 Å². The fourth-order valence-corrected chi connectivity index (χ4v) is 3.32. The summed E-state index contributed by atoms with van der Waals surface area (Å²) >= 11 is 0. The summed E-state index contributed by atoms with van der Waals surface area (Å²) in [6.45, 7) is 6.07. The van der Waals surface area contributed by atoms with Gasteiger partial charge in [-0.05, 0) is 27.7 Å². The molecule has 0 fully saturated rings. The van der Waals surface area contributed by atoms with Crippen molar-refractivity contribution in [3.63, 3.8) is 0 Å². The third-order valence-corrected chi connectivity index (χ3v) is 4.86. The molecule has 0 saturated heterocycles. The zero-order chi connectivity index (χ0) is 18.0. The number of rotatable bonds is 4. The molecular weight excluding hydrogens is 314 g/mol. The molecule has 4 nitrogen and oxygen atoms in total. The Morgan fingerprint density at radius 2 is 1.60 bits per heavy atom. The average molecular weight is 339 g/mol. The second-order valence-corrected chi connectivity index (χ2v) is 7.57. The monoisotopic (exact) mass is 339 g/mol. The van der Waals surface area contributed by atoms with Crippen molar-refractivity contribution in [2.45, 2.75) is 32.7 Å². The van der Waals surface area contributed by atoms with Crippen molar-refractivity contribution in [1.82, 2.24) is 5.32 Å². The summed E-state index contributed by atoms with van der Waals surface area (Å²) in [5, 5.41) is 12.2. The van der Waals surface area contributed by atoms with Crippen LogP contribution in [0.4, 0.5) is 4.79 Å².